The summed E-state index contributed by atoms with van der Waals surface area (Å²) in [5.74, 6) is 1.18. The van der Waals surface area contributed by atoms with Crippen LogP contribution in [0.15, 0.2) is 6.20 Å². The fourth-order valence-corrected chi connectivity index (χ4v) is 2.37. The standard InChI is InChI=1S/C13H23N5/c1-10-8-16-13(14)17-12(10)15-9-11(2)18-6-4-3-5-7-18/h8,11H,3-7,9H2,1-2H3,(H3,14,15,16,17). The van der Waals surface area contributed by atoms with Crippen molar-refractivity contribution >= 4 is 11.8 Å². The van der Waals surface area contributed by atoms with Gasteiger partial charge in [-0.15, -0.1) is 0 Å². The molecule has 1 aliphatic heterocycles. The fourth-order valence-electron chi connectivity index (χ4n) is 2.37. The summed E-state index contributed by atoms with van der Waals surface area (Å²) >= 11 is 0. The van der Waals surface area contributed by atoms with Crippen LogP contribution in [0.25, 0.3) is 0 Å². The molecule has 0 bridgehead atoms. The molecule has 2 heterocycles. The number of nitrogens with two attached hydrogens (primary N) is 1. The van der Waals surface area contributed by atoms with Gasteiger partial charge >= 0.3 is 0 Å². The number of nitrogen functional groups attached to an aromatic ring is 1. The second-order valence-corrected chi connectivity index (χ2v) is 5.09. The number of rotatable bonds is 4. The molecule has 5 nitrogen and oxygen atoms in total. The smallest absolute Gasteiger partial charge is 0.221 e. The Hall–Kier alpha value is -1.36. The molecule has 2 rings (SSSR count). The van der Waals surface area contributed by atoms with Gasteiger partial charge in [-0.05, 0) is 39.8 Å². The first-order valence-corrected chi connectivity index (χ1v) is 6.74. The van der Waals surface area contributed by atoms with Gasteiger partial charge in [0.05, 0.1) is 0 Å². The van der Waals surface area contributed by atoms with Gasteiger partial charge in [0.1, 0.15) is 5.82 Å². The van der Waals surface area contributed by atoms with Crippen molar-refractivity contribution in [2.24, 2.45) is 0 Å². The minimum absolute atomic E-state index is 0.328. The molecule has 0 radical (unpaired) electrons. The van der Waals surface area contributed by atoms with Gasteiger partial charge in [0.15, 0.2) is 0 Å². The number of hydrogen-bond donors (Lipinski definition) is 2. The first-order chi connectivity index (χ1) is 8.66. The molecule has 5 heteroatoms. The number of likely N-dealkylation sites (tertiary alicyclic amines) is 1. The molecule has 0 aromatic carbocycles. The summed E-state index contributed by atoms with van der Waals surface area (Å²) in [6, 6.07) is 0.529. The second-order valence-electron chi connectivity index (χ2n) is 5.09. The molecular weight excluding hydrogens is 226 g/mol. The van der Waals surface area contributed by atoms with E-state index >= 15 is 0 Å². The predicted molar refractivity (Wildman–Crippen MR) is 74.6 cm³/mol. The van der Waals surface area contributed by atoms with E-state index in [1.807, 2.05) is 6.92 Å². The number of aromatic nitrogens is 2. The maximum Gasteiger partial charge on any atom is 0.221 e. The van der Waals surface area contributed by atoms with Crippen molar-refractivity contribution in [1.82, 2.24) is 14.9 Å². The summed E-state index contributed by atoms with van der Waals surface area (Å²) in [5.41, 5.74) is 6.64. The molecule has 18 heavy (non-hydrogen) atoms. The molecule has 1 aliphatic rings. The quantitative estimate of drug-likeness (QED) is 0.849. The lowest BCUT2D eigenvalue weighted by Crippen LogP contribution is -2.41. The largest absolute Gasteiger partial charge is 0.368 e. The highest BCUT2D eigenvalue weighted by atomic mass is 15.2. The highest BCUT2D eigenvalue weighted by Crippen LogP contribution is 2.14. The number of piperidine rings is 1. The molecule has 1 unspecified atom stereocenters. The molecular formula is C13H23N5. The van der Waals surface area contributed by atoms with Gasteiger partial charge < -0.3 is 11.1 Å². The number of anilines is 2. The van der Waals surface area contributed by atoms with Crippen LogP contribution in [0.4, 0.5) is 11.8 Å². The van der Waals surface area contributed by atoms with E-state index in [0.29, 0.717) is 12.0 Å². The van der Waals surface area contributed by atoms with E-state index in [4.69, 9.17) is 5.73 Å². The molecule has 0 spiro atoms. The number of nitrogens with zero attached hydrogens (tertiary/aromatic N) is 3. The summed E-state index contributed by atoms with van der Waals surface area (Å²) in [5, 5.41) is 3.38. The van der Waals surface area contributed by atoms with Crippen LogP contribution in [0.2, 0.25) is 0 Å². The van der Waals surface area contributed by atoms with Crippen molar-refractivity contribution in [3.05, 3.63) is 11.8 Å². The van der Waals surface area contributed by atoms with Crippen molar-refractivity contribution < 1.29 is 0 Å². The average Bonchev–Trinajstić information content (AvgIpc) is 2.40. The Labute approximate surface area is 109 Å². The Morgan fingerprint density at radius 1 is 1.39 bits per heavy atom. The zero-order valence-corrected chi connectivity index (χ0v) is 11.3. The van der Waals surface area contributed by atoms with Gasteiger partial charge in [-0.25, -0.2) is 4.98 Å². The minimum atomic E-state index is 0.328. The van der Waals surface area contributed by atoms with Crippen LogP contribution in [0.5, 0.6) is 0 Å². The predicted octanol–water partition coefficient (Wildman–Crippen LogP) is 1.65. The average molecular weight is 249 g/mol. The van der Waals surface area contributed by atoms with E-state index in [-0.39, 0.29) is 0 Å². The summed E-state index contributed by atoms with van der Waals surface area (Å²) in [7, 11) is 0. The van der Waals surface area contributed by atoms with Crippen LogP contribution in [0, 0.1) is 6.92 Å². The van der Waals surface area contributed by atoms with Gasteiger partial charge in [-0.2, -0.15) is 4.98 Å². The molecule has 1 atom stereocenters. The van der Waals surface area contributed by atoms with Gasteiger partial charge in [-0.1, -0.05) is 6.42 Å². The van der Waals surface area contributed by atoms with E-state index < -0.39 is 0 Å². The Balaban J connectivity index is 1.88. The third kappa shape index (κ3) is 3.32. The Kier molecular flexibility index (Phi) is 4.36. The molecule has 1 saturated heterocycles. The maximum absolute atomic E-state index is 5.60. The van der Waals surface area contributed by atoms with E-state index in [2.05, 4.69) is 27.1 Å². The van der Waals surface area contributed by atoms with Crippen LogP contribution in [0.3, 0.4) is 0 Å². The lowest BCUT2D eigenvalue weighted by molar-refractivity contribution is 0.180. The highest BCUT2D eigenvalue weighted by Gasteiger charge is 2.16. The molecule has 100 valence electrons. The van der Waals surface area contributed by atoms with Crippen molar-refractivity contribution in [3.63, 3.8) is 0 Å². The molecule has 0 saturated carbocycles. The molecule has 3 N–H and O–H groups in total. The number of aryl methyl sites for hydroxylation is 1. The molecule has 0 aliphatic carbocycles. The summed E-state index contributed by atoms with van der Waals surface area (Å²) in [6.07, 6.45) is 5.78. The normalized spacial score (nSPS) is 18.6. The third-order valence-electron chi connectivity index (χ3n) is 3.57. The Bertz CT molecular complexity index is 387. The topological polar surface area (TPSA) is 67.1 Å². The third-order valence-corrected chi connectivity index (χ3v) is 3.57. The van der Waals surface area contributed by atoms with Crippen molar-refractivity contribution in [2.45, 2.75) is 39.2 Å². The van der Waals surface area contributed by atoms with Gasteiger partial charge in [0.2, 0.25) is 5.95 Å². The molecule has 1 fully saturated rings. The summed E-state index contributed by atoms with van der Waals surface area (Å²) < 4.78 is 0. The maximum atomic E-state index is 5.60. The van der Waals surface area contributed by atoms with E-state index in [1.54, 1.807) is 6.20 Å². The monoisotopic (exact) mass is 249 g/mol. The number of nitrogens with one attached hydrogen (secondary N) is 1. The van der Waals surface area contributed by atoms with Crippen LogP contribution < -0.4 is 11.1 Å². The van der Waals surface area contributed by atoms with Crippen LogP contribution in [-0.2, 0) is 0 Å². The zero-order valence-electron chi connectivity index (χ0n) is 11.3. The first kappa shape index (κ1) is 13.1. The minimum Gasteiger partial charge on any atom is -0.368 e. The van der Waals surface area contributed by atoms with Crippen molar-refractivity contribution in [2.75, 3.05) is 30.7 Å². The second kappa shape index (κ2) is 6.00. The zero-order chi connectivity index (χ0) is 13.0. The molecule has 0 amide bonds. The molecule has 1 aromatic heterocycles. The SMILES string of the molecule is Cc1cnc(N)nc1NCC(C)N1CCCCC1. The highest BCUT2D eigenvalue weighted by molar-refractivity contribution is 5.45. The van der Waals surface area contributed by atoms with Gasteiger partial charge in [0.25, 0.3) is 0 Å². The van der Waals surface area contributed by atoms with Crippen LogP contribution in [-0.4, -0.2) is 40.5 Å². The van der Waals surface area contributed by atoms with E-state index in [9.17, 15) is 0 Å². The Morgan fingerprint density at radius 2 is 2.11 bits per heavy atom. The van der Waals surface area contributed by atoms with Gasteiger partial charge in [-0.3, -0.25) is 4.90 Å². The van der Waals surface area contributed by atoms with Crippen LogP contribution >= 0.6 is 0 Å². The Morgan fingerprint density at radius 3 is 2.83 bits per heavy atom. The summed E-state index contributed by atoms with van der Waals surface area (Å²) in [4.78, 5) is 10.7. The summed E-state index contributed by atoms with van der Waals surface area (Å²) in [6.45, 7) is 7.59. The van der Waals surface area contributed by atoms with Crippen LogP contribution in [0.1, 0.15) is 31.7 Å². The lowest BCUT2D eigenvalue weighted by Gasteiger charge is -2.32. The van der Waals surface area contributed by atoms with Crippen molar-refractivity contribution in [1.29, 1.82) is 0 Å². The molecule has 1 aromatic rings. The fraction of sp³-hybridized carbons (Fsp3) is 0.692. The van der Waals surface area contributed by atoms with E-state index in [1.165, 1.54) is 32.4 Å². The van der Waals surface area contributed by atoms with E-state index in [0.717, 1.165) is 17.9 Å². The lowest BCUT2D eigenvalue weighted by atomic mass is 10.1. The van der Waals surface area contributed by atoms with Crippen molar-refractivity contribution in [3.8, 4) is 0 Å². The number of hydrogen-bond acceptors (Lipinski definition) is 5. The van der Waals surface area contributed by atoms with Gasteiger partial charge in [0, 0.05) is 24.3 Å². The first-order valence-electron chi connectivity index (χ1n) is 6.74.